The molecule has 0 N–H and O–H groups in total. The van der Waals surface area contributed by atoms with Gasteiger partial charge in [-0.15, -0.1) is 0 Å². The van der Waals surface area contributed by atoms with E-state index in [-0.39, 0.29) is 0 Å². The van der Waals surface area contributed by atoms with Gasteiger partial charge in [0.15, 0.2) is 0 Å². The predicted octanol–water partition coefficient (Wildman–Crippen LogP) is 5.19. The molecule has 19 heavy (non-hydrogen) atoms. The van der Waals surface area contributed by atoms with Gasteiger partial charge >= 0.3 is 0 Å². The minimum absolute atomic E-state index is 0.796. The van der Waals surface area contributed by atoms with Crippen molar-refractivity contribution in [3.63, 3.8) is 0 Å². The Morgan fingerprint density at radius 1 is 1.00 bits per heavy atom. The fourth-order valence-electron chi connectivity index (χ4n) is 3.14. The minimum Gasteiger partial charge on any atom is -0.0622 e. The molecule has 0 bridgehead atoms. The molecule has 2 aromatic rings. The van der Waals surface area contributed by atoms with Crippen molar-refractivity contribution in [2.75, 3.05) is 0 Å². The Hall–Kier alpha value is -1.08. The molecule has 0 heterocycles. The molecule has 0 saturated heterocycles. The Bertz CT molecular complexity index is 545. The second-order valence-corrected chi connectivity index (χ2v) is 6.48. The van der Waals surface area contributed by atoms with Crippen LogP contribution in [0.1, 0.15) is 29.5 Å². The van der Waals surface area contributed by atoms with Gasteiger partial charge in [0.25, 0.3) is 0 Å². The SMILES string of the molecule is Brc1ccc2c(c1)CCCC(Cc1ccccc1)C2. The van der Waals surface area contributed by atoms with E-state index in [1.807, 2.05) is 0 Å². The van der Waals surface area contributed by atoms with Crippen LogP contribution in [0.5, 0.6) is 0 Å². The molecule has 2 aromatic carbocycles. The van der Waals surface area contributed by atoms with Crippen molar-refractivity contribution in [1.82, 2.24) is 0 Å². The third-order valence-corrected chi connectivity index (χ3v) is 4.60. The lowest BCUT2D eigenvalue weighted by molar-refractivity contribution is 0.478. The van der Waals surface area contributed by atoms with Crippen LogP contribution >= 0.6 is 15.9 Å². The maximum absolute atomic E-state index is 3.58. The van der Waals surface area contributed by atoms with Crippen LogP contribution in [0.25, 0.3) is 0 Å². The van der Waals surface area contributed by atoms with Crippen molar-refractivity contribution in [3.8, 4) is 0 Å². The summed E-state index contributed by atoms with van der Waals surface area (Å²) < 4.78 is 1.22. The molecule has 1 unspecified atom stereocenters. The largest absolute Gasteiger partial charge is 0.0622 e. The quantitative estimate of drug-likeness (QED) is 0.669. The molecule has 0 spiro atoms. The summed E-state index contributed by atoms with van der Waals surface area (Å²) in [6, 6.07) is 17.7. The third kappa shape index (κ3) is 3.27. The van der Waals surface area contributed by atoms with Gasteiger partial charge in [-0.2, -0.15) is 0 Å². The van der Waals surface area contributed by atoms with E-state index < -0.39 is 0 Å². The van der Waals surface area contributed by atoms with E-state index in [0.29, 0.717) is 0 Å². The average molecular weight is 315 g/mol. The van der Waals surface area contributed by atoms with Gasteiger partial charge in [0.2, 0.25) is 0 Å². The van der Waals surface area contributed by atoms with Crippen LogP contribution in [-0.4, -0.2) is 0 Å². The molecular weight excluding hydrogens is 296 g/mol. The molecule has 0 nitrogen and oxygen atoms in total. The summed E-state index contributed by atoms with van der Waals surface area (Å²) in [5.41, 5.74) is 4.58. The van der Waals surface area contributed by atoms with Gasteiger partial charge in [-0.1, -0.05) is 52.3 Å². The molecule has 0 radical (unpaired) electrons. The summed E-state index contributed by atoms with van der Waals surface area (Å²) in [5, 5.41) is 0. The Morgan fingerprint density at radius 2 is 1.84 bits per heavy atom. The molecule has 3 rings (SSSR count). The van der Waals surface area contributed by atoms with Crippen LogP contribution in [0.15, 0.2) is 53.0 Å². The van der Waals surface area contributed by atoms with Crippen LogP contribution in [0.2, 0.25) is 0 Å². The zero-order chi connectivity index (χ0) is 13.1. The van der Waals surface area contributed by atoms with Crippen molar-refractivity contribution in [3.05, 3.63) is 69.7 Å². The summed E-state index contributed by atoms with van der Waals surface area (Å²) in [6.45, 7) is 0. The summed E-state index contributed by atoms with van der Waals surface area (Å²) in [4.78, 5) is 0. The van der Waals surface area contributed by atoms with Gasteiger partial charge in [0, 0.05) is 4.47 Å². The second kappa shape index (κ2) is 5.92. The lowest BCUT2D eigenvalue weighted by Crippen LogP contribution is -2.07. The summed E-state index contributed by atoms with van der Waals surface area (Å²) in [6.07, 6.45) is 6.36. The highest BCUT2D eigenvalue weighted by Crippen LogP contribution is 2.28. The molecule has 1 aliphatic carbocycles. The molecule has 1 aliphatic rings. The molecule has 0 aliphatic heterocycles. The van der Waals surface area contributed by atoms with E-state index in [2.05, 4.69) is 64.5 Å². The highest BCUT2D eigenvalue weighted by molar-refractivity contribution is 9.10. The van der Waals surface area contributed by atoms with Crippen molar-refractivity contribution in [2.24, 2.45) is 5.92 Å². The van der Waals surface area contributed by atoms with Crippen molar-refractivity contribution in [1.29, 1.82) is 0 Å². The standard InChI is InChI=1S/C18H19Br/c19-18-10-9-17-12-15(7-4-8-16(17)13-18)11-14-5-2-1-3-6-14/h1-3,5-6,9-10,13,15H,4,7-8,11-12H2. The van der Waals surface area contributed by atoms with Crippen molar-refractivity contribution < 1.29 is 0 Å². The van der Waals surface area contributed by atoms with Gasteiger partial charge in [0.1, 0.15) is 0 Å². The number of hydrogen-bond acceptors (Lipinski definition) is 0. The fraction of sp³-hybridized carbons (Fsp3) is 0.333. The normalized spacial score (nSPS) is 18.7. The zero-order valence-electron chi connectivity index (χ0n) is 11.1. The van der Waals surface area contributed by atoms with E-state index in [0.717, 1.165) is 5.92 Å². The first-order valence-electron chi connectivity index (χ1n) is 7.12. The highest BCUT2D eigenvalue weighted by atomic mass is 79.9. The number of halogens is 1. The number of benzene rings is 2. The van der Waals surface area contributed by atoms with E-state index >= 15 is 0 Å². The number of aryl methyl sites for hydroxylation is 1. The maximum atomic E-state index is 3.58. The van der Waals surface area contributed by atoms with Crippen LogP contribution in [0.4, 0.5) is 0 Å². The first-order chi connectivity index (χ1) is 9.31. The van der Waals surface area contributed by atoms with Crippen molar-refractivity contribution >= 4 is 15.9 Å². The molecule has 1 heteroatoms. The number of rotatable bonds is 2. The van der Waals surface area contributed by atoms with Gasteiger partial charge in [-0.05, 0) is 66.8 Å². The molecule has 1 atom stereocenters. The van der Waals surface area contributed by atoms with E-state index in [4.69, 9.17) is 0 Å². The Balaban J connectivity index is 1.77. The number of fused-ring (bicyclic) bond motifs is 1. The Labute approximate surface area is 124 Å². The van der Waals surface area contributed by atoms with Crippen LogP contribution in [0, 0.1) is 5.92 Å². The third-order valence-electron chi connectivity index (χ3n) is 4.10. The predicted molar refractivity (Wildman–Crippen MR) is 84.4 cm³/mol. The zero-order valence-corrected chi connectivity index (χ0v) is 12.7. The van der Waals surface area contributed by atoms with Crippen LogP contribution in [-0.2, 0) is 19.3 Å². The average Bonchev–Trinajstić information content (AvgIpc) is 2.61. The summed E-state index contributed by atoms with van der Waals surface area (Å²) in [5.74, 6) is 0.796. The molecule has 0 aromatic heterocycles. The van der Waals surface area contributed by atoms with E-state index in [1.54, 1.807) is 11.1 Å². The van der Waals surface area contributed by atoms with E-state index in [1.165, 1.54) is 42.1 Å². The maximum Gasteiger partial charge on any atom is 0.0178 e. The second-order valence-electron chi connectivity index (χ2n) is 5.57. The topological polar surface area (TPSA) is 0 Å². The highest BCUT2D eigenvalue weighted by Gasteiger charge is 2.17. The lowest BCUT2D eigenvalue weighted by atomic mass is 9.91. The molecular formula is C18H19Br. The van der Waals surface area contributed by atoms with Gasteiger partial charge in [0.05, 0.1) is 0 Å². The lowest BCUT2D eigenvalue weighted by Gasteiger charge is -2.15. The fourth-order valence-corrected chi connectivity index (χ4v) is 3.55. The molecule has 0 saturated carbocycles. The van der Waals surface area contributed by atoms with Gasteiger partial charge < -0.3 is 0 Å². The van der Waals surface area contributed by atoms with Gasteiger partial charge in [-0.3, -0.25) is 0 Å². The Morgan fingerprint density at radius 3 is 2.68 bits per heavy atom. The van der Waals surface area contributed by atoms with Crippen molar-refractivity contribution in [2.45, 2.75) is 32.1 Å². The van der Waals surface area contributed by atoms with Crippen LogP contribution in [0.3, 0.4) is 0 Å². The molecule has 0 fully saturated rings. The minimum atomic E-state index is 0.796. The smallest absolute Gasteiger partial charge is 0.0178 e. The number of hydrogen-bond donors (Lipinski definition) is 0. The van der Waals surface area contributed by atoms with Crippen LogP contribution < -0.4 is 0 Å². The molecule has 0 amide bonds. The molecule has 98 valence electrons. The van der Waals surface area contributed by atoms with E-state index in [9.17, 15) is 0 Å². The Kier molecular flexibility index (Phi) is 4.03. The first-order valence-corrected chi connectivity index (χ1v) is 7.92. The first kappa shape index (κ1) is 12.9. The monoisotopic (exact) mass is 314 g/mol. The summed E-state index contributed by atoms with van der Waals surface area (Å²) in [7, 11) is 0. The summed E-state index contributed by atoms with van der Waals surface area (Å²) >= 11 is 3.58. The van der Waals surface area contributed by atoms with Gasteiger partial charge in [-0.25, -0.2) is 0 Å².